The van der Waals surface area contributed by atoms with Gasteiger partial charge >= 0.3 is 0 Å². The van der Waals surface area contributed by atoms with Crippen LogP contribution >= 0.6 is 0 Å². The number of hydrogen-bond acceptors (Lipinski definition) is 3. The molecule has 0 spiro atoms. The lowest BCUT2D eigenvalue weighted by atomic mass is 10.1. The summed E-state index contributed by atoms with van der Waals surface area (Å²) >= 11 is 0. The van der Waals surface area contributed by atoms with Crippen LogP contribution < -0.4 is 5.32 Å². The maximum absolute atomic E-state index is 5.61. The monoisotopic (exact) mass is 278 g/mol. The summed E-state index contributed by atoms with van der Waals surface area (Å²) in [7, 11) is 2.15. The fourth-order valence-corrected chi connectivity index (χ4v) is 2.01. The maximum atomic E-state index is 5.61. The van der Waals surface area contributed by atoms with Gasteiger partial charge in [-0.1, -0.05) is 38.1 Å². The molecule has 1 rings (SSSR count). The zero-order valence-corrected chi connectivity index (χ0v) is 13.6. The van der Waals surface area contributed by atoms with Crippen molar-refractivity contribution >= 4 is 0 Å². The molecule has 0 aliphatic heterocycles. The van der Waals surface area contributed by atoms with E-state index in [1.54, 1.807) is 0 Å². The lowest BCUT2D eigenvalue weighted by Gasteiger charge is -2.20. The predicted octanol–water partition coefficient (Wildman–Crippen LogP) is 3.04. The van der Waals surface area contributed by atoms with Gasteiger partial charge in [0, 0.05) is 25.7 Å². The Kier molecular flexibility index (Phi) is 7.82. The molecular weight excluding hydrogens is 248 g/mol. The van der Waals surface area contributed by atoms with Crippen molar-refractivity contribution in [1.29, 1.82) is 0 Å². The molecular formula is C17H30N2O. The third-order valence-electron chi connectivity index (χ3n) is 3.18. The summed E-state index contributed by atoms with van der Waals surface area (Å²) < 4.78 is 5.61. The molecule has 1 aromatic carbocycles. The van der Waals surface area contributed by atoms with Crippen LogP contribution in [0.3, 0.4) is 0 Å². The van der Waals surface area contributed by atoms with Crippen LogP contribution in [0.25, 0.3) is 0 Å². The van der Waals surface area contributed by atoms with Crippen LogP contribution in [0.5, 0.6) is 0 Å². The third kappa shape index (κ3) is 7.04. The van der Waals surface area contributed by atoms with Gasteiger partial charge in [-0.25, -0.2) is 0 Å². The first kappa shape index (κ1) is 17.2. The Hall–Kier alpha value is -0.900. The van der Waals surface area contributed by atoms with Gasteiger partial charge in [0.1, 0.15) is 0 Å². The van der Waals surface area contributed by atoms with Crippen LogP contribution in [0.1, 0.15) is 38.8 Å². The summed E-state index contributed by atoms with van der Waals surface area (Å²) in [5, 5.41) is 3.49. The van der Waals surface area contributed by atoms with Crippen LogP contribution in [-0.2, 0) is 17.8 Å². The molecule has 1 aromatic rings. The molecule has 0 radical (unpaired) electrons. The molecule has 0 aliphatic rings. The van der Waals surface area contributed by atoms with E-state index in [0.717, 1.165) is 26.2 Å². The average molecular weight is 278 g/mol. The van der Waals surface area contributed by atoms with Crippen molar-refractivity contribution in [2.75, 3.05) is 20.2 Å². The van der Waals surface area contributed by atoms with Crippen molar-refractivity contribution in [2.24, 2.45) is 0 Å². The van der Waals surface area contributed by atoms with E-state index in [2.05, 4.69) is 69.2 Å². The molecule has 0 aliphatic carbocycles. The van der Waals surface area contributed by atoms with Crippen LogP contribution in [-0.4, -0.2) is 37.2 Å². The molecule has 0 amide bonds. The zero-order chi connectivity index (χ0) is 15.0. The molecule has 0 fully saturated rings. The lowest BCUT2D eigenvalue weighted by molar-refractivity contribution is 0.0626. The topological polar surface area (TPSA) is 24.5 Å². The fourth-order valence-electron chi connectivity index (χ4n) is 2.01. The Morgan fingerprint density at radius 3 is 2.35 bits per heavy atom. The van der Waals surface area contributed by atoms with Crippen LogP contribution in [0.15, 0.2) is 24.3 Å². The molecule has 0 unspecified atom stereocenters. The number of likely N-dealkylation sites (N-methyl/N-ethyl adjacent to an activating group) is 1. The van der Waals surface area contributed by atoms with Gasteiger partial charge in [0.25, 0.3) is 0 Å². The van der Waals surface area contributed by atoms with E-state index in [1.165, 1.54) is 11.1 Å². The molecule has 0 heterocycles. The van der Waals surface area contributed by atoms with E-state index in [-0.39, 0.29) is 0 Å². The highest BCUT2D eigenvalue weighted by Crippen LogP contribution is 2.11. The van der Waals surface area contributed by atoms with Gasteiger partial charge in [0.2, 0.25) is 0 Å². The Morgan fingerprint density at radius 2 is 1.75 bits per heavy atom. The number of benzene rings is 1. The van der Waals surface area contributed by atoms with E-state index in [4.69, 9.17) is 4.74 Å². The number of nitrogens with one attached hydrogen (secondary N) is 1. The number of hydrogen-bond donors (Lipinski definition) is 1. The van der Waals surface area contributed by atoms with Crippen LogP contribution in [0.4, 0.5) is 0 Å². The second kappa shape index (κ2) is 9.11. The molecule has 3 heteroatoms. The van der Waals surface area contributed by atoms with Gasteiger partial charge in [0.15, 0.2) is 0 Å². The minimum Gasteiger partial charge on any atom is -0.377 e. The van der Waals surface area contributed by atoms with Crippen molar-refractivity contribution in [3.8, 4) is 0 Å². The predicted molar refractivity (Wildman–Crippen MR) is 85.8 cm³/mol. The van der Waals surface area contributed by atoms with Gasteiger partial charge in [-0.15, -0.1) is 0 Å². The van der Waals surface area contributed by atoms with Crippen molar-refractivity contribution in [3.63, 3.8) is 0 Å². The van der Waals surface area contributed by atoms with Gasteiger partial charge in [-0.2, -0.15) is 0 Å². The molecule has 0 atom stereocenters. The second-order valence-electron chi connectivity index (χ2n) is 5.96. The standard InChI is InChI=1S/C17H30N2O/c1-14(2)18-12-16-8-6-7-9-17(16)13-19(5)10-11-20-15(3)4/h6-9,14-15,18H,10-13H2,1-5H3. The number of nitrogens with zero attached hydrogens (tertiary/aromatic N) is 1. The summed E-state index contributed by atoms with van der Waals surface area (Å²) in [4.78, 5) is 2.32. The molecule has 20 heavy (non-hydrogen) atoms. The zero-order valence-electron chi connectivity index (χ0n) is 13.6. The number of rotatable bonds is 9. The first-order valence-corrected chi connectivity index (χ1v) is 7.59. The largest absolute Gasteiger partial charge is 0.377 e. The van der Waals surface area contributed by atoms with Crippen LogP contribution in [0, 0.1) is 0 Å². The Balaban J connectivity index is 2.49. The van der Waals surface area contributed by atoms with E-state index in [1.807, 2.05) is 0 Å². The van der Waals surface area contributed by atoms with Gasteiger partial charge in [-0.3, -0.25) is 4.90 Å². The highest BCUT2D eigenvalue weighted by molar-refractivity contribution is 5.27. The van der Waals surface area contributed by atoms with E-state index in [0.29, 0.717) is 12.1 Å². The molecule has 3 nitrogen and oxygen atoms in total. The summed E-state index contributed by atoms with van der Waals surface area (Å²) in [6, 6.07) is 9.18. The van der Waals surface area contributed by atoms with Gasteiger partial charge in [-0.05, 0) is 32.0 Å². The highest BCUT2D eigenvalue weighted by atomic mass is 16.5. The molecule has 0 bridgehead atoms. The van der Waals surface area contributed by atoms with E-state index >= 15 is 0 Å². The Labute approximate surface area is 124 Å². The lowest BCUT2D eigenvalue weighted by Crippen LogP contribution is -2.26. The minimum absolute atomic E-state index is 0.311. The second-order valence-corrected chi connectivity index (χ2v) is 5.96. The van der Waals surface area contributed by atoms with Crippen molar-refractivity contribution in [2.45, 2.75) is 52.9 Å². The summed E-state index contributed by atoms with van der Waals surface area (Å²) in [6.07, 6.45) is 0.311. The fraction of sp³-hybridized carbons (Fsp3) is 0.647. The van der Waals surface area contributed by atoms with E-state index in [9.17, 15) is 0 Å². The van der Waals surface area contributed by atoms with Crippen molar-refractivity contribution in [3.05, 3.63) is 35.4 Å². The van der Waals surface area contributed by atoms with Gasteiger partial charge < -0.3 is 10.1 Å². The summed E-state index contributed by atoms with van der Waals surface area (Å²) in [6.45, 7) is 12.2. The quantitative estimate of drug-likeness (QED) is 0.751. The maximum Gasteiger partial charge on any atom is 0.0596 e. The SMILES string of the molecule is CC(C)NCc1ccccc1CN(C)CCOC(C)C. The molecule has 1 N–H and O–H groups in total. The van der Waals surface area contributed by atoms with Gasteiger partial charge in [0.05, 0.1) is 12.7 Å². The number of ether oxygens (including phenoxy) is 1. The van der Waals surface area contributed by atoms with Crippen molar-refractivity contribution < 1.29 is 4.74 Å². The highest BCUT2D eigenvalue weighted by Gasteiger charge is 2.06. The summed E-state index contributed by atoms with van der Waals surface area (Å²) in [5.41, 5.74) is 2.78. The average Bonchev–Trinajstić information content (AvgIpc) is 2.37. The first-order valence-electron chi connectivity index (χ1n) is 7.59. The molecule has 0 aromatic heterocycles. The smallest absolute Gasteiger partial charge is 0.0596 e. The Morgan fingerprint density at radius 1 is 1.10 bits per heavy atom. The van der Waals surface area contributed by atoms with E-state index < -0.39 is 0 Å². The normalized spacial score (nSPS) is 11.8. The first-order chi connectivity index (χ1) is 9.49. The Bertz CT molecular complexity index is 377. The van der Waals surface area contributed by atoms with Crippen molar-refractivity contribution in [1.82, 2.24) is 10.2 Å². The molecule has 114 valence electrons. The molecule has 0 saturated heterocycles. The van der Waals surface area contributed by atoms with Crippen LogP contribution in [0.2, 0.25) is 0 Å². The minimum atomic E-state index is 0.311. The third-order valence-corrected chi connectivity index (χ3v) is 3.18. The summed E-state index contributed by atoms with van der Waals surface area (Å²) in [5.74, 6) is 0. The molecule has 0 saturated carbocycles.